The van der Waals surface area contributed by atoms with Gasteiger partial charge in [0.1, 0.15) is 17.4 Å². The van der Waals surface area contributed by atoms with Crippen LogP contribution >= 0.6 is 22.7 Å². The molecule has 0 amide bonds. The first-order valence-electron chi connectivity index (χ1n) is 7.86. The van der Waals surface area contributed by atoms with Crippen molar-refractivity contribution in [2.45, 2.75) is 25.2 Å². The zero-order chi connectivity index (χ0) is 16.5. The average Bonchev–Trinajstić information content (AvgIpc) is 3.28. The van der Waals surface area contributed by atoms with Crippen molar-refractivity contribution in [3.05, 3.63) is 73.1 Å². The zero-order valence-corrected chi connectivity index (χ0v) is 14.6. The number of thiophene rings is 2. The Morgan fingerprint density at radius 3 is 2.75 bits per heavy atom. The lowest BCUT2D eigenvalue weighted by atomic mass is 9.79. The van der Waals surface area contributed by atoms with Gasteiger partial charge >= 0.3 is 0 Å². The van der Waals surface area contributed by atoms with Gasteiger partial charge in [0.15, 0.2) is 0 Å². The van der Waals surface area contributed by atoms with Crippen LogP contribution in [-0.4, -0.2) is 0 Å². The molecule has 120 valence electrons. The number of nitriles is 1. The minimum absolute atomic E-state index is 0.0641. The molecule has 24 heavy (non-hydrogen) atoms. The van der Waals surface area contributed by atoms with Gasteiger partial charge in [-0.15, -0.1) is 22.7 Å². The lowest BCUT2D eigenvalue weighted by Crippen LogP contribution is -2.23. The summed E-state index contributed by atoms with van der Waals surface area (Å²) in [6, 6.07) is 10.5. The molecule has 4 rings (SSSR count). The van der Waals surface area contributed by atoms with Crippen molar-refractivity contribution >= 4 is 28.7 Å². The minimum atomic E-state index is -0.0641. The summed E-state index contributed by atoms with van der Waals surface area (Å²) < 4.78 is 5.94. The highest BCUT2D eigenvalue weighted by Gasteiger charge is 2.35. The largest absolute Gasteiger partial charge is 0.440 e. The molecule has 3 heterocycles. The summed E-state index contributed by atoms with van der Waals surface area (Å²) in [5.74, 6) is 1.06. The normalized spacial score (nSPS) is 22.3. The maximum absolute atomic E-state index is 9.60. The summed E-state index contributed by atoms with van der Waals surface area (Å²) in [5, 5.41) is 13.7. The van der Waals surface area contributed by atoms with Gasteiger partial charge < -0.3 is 10.5 Å². The summed E-state index contributed by atoms with van der Waals surface area (Å²) in [6.07, 6.45) is 5.18. The number of hydrogen-bond donors (Lipinski definition) is 1. The predicted octanol–water partition coefficient (Wildman–Crippen LogP) is 5.14. The van der Waals surface area contributed by atoms with Gasteiger partial charge in [0.25, 0.3) is 0 Å². The van der Waals surface area contributed by atoms with Gasteiger partial charge in [0.05, 0.1) is 5.92 Å². The first-order valence-corrected chi connectivity index (χ1v) is 9.62. The molecule has 0 saturated carbocycles. The van der Waals surface area contributed by atoms with Crippen LogP contribution in [0.15, 0.2) is 63.4 Å². The number of rotatable bonds is 2. The van der Waals surface area contributed by atoms with Crippen LogP contribution in [0.2, 0.25) is 0 Å². The Bertz CT molecular complexity index is 880. The standard InChI is InChI=1S/C19H16N2OS2/c20-11-15-17(16-7-3-9-24-16)14-6-1-4-12(18(14)22-19(15)21)10-13-5-2-8-23-13/h2-3,5,7-10,17H,1,4,6,21H2/b12-10-/t17-/m1/s1. The number of nitrogens with two attached hydrogens (primary N) is 1. The van der Waals surface area contributed by atoms with E-state index in [2.05, 4.69) is 29.7 Å². The Morgan fingerprint density at radius 1 is 1.21 bits per heavy atom. The number of hydrogen-bond acceptors (Lipinski definition) is 5. The molecular weight excluding hydrogens is 336 g/mol. The second-order valence-electron chi connectivity index (χ2n) is 5.83. The van der Waals surface area contributed by atoms with E-state index in [0.29, 0.717) is 5.57 Å². The Balaban J connectivity index is 1.84. The summed E-state index contributed by atoms with van der Waals surface area (Å²) >= 11 is 3.38. The Labute approximate surface area is 149 Å². The number of nitrogens with zero attached hydrogens (tertiary/aromatic N) is 1. The smallest absolute Gasteiger partial charge is 0.205 e. The van der Waals surface area contributed by atoms with Crippen molar-refractivity contribution in [2.75, 3.05) is 0 Å². The van der Waals surface area contributed by atoms with E-state index in [1.165, 1.54) is 16.0 Å². The predicted molar refractivity (Wildman–Crippen MR) is 98.1 cm³/mol. The molecule has 0 aromatic carbocycles. The van der Waals surface area contributed by atoms with Crippen molar-refractivity contribution < 1.29 is 4.74 Å². The van der Waals surface area contributed by atoms with Crippen LogP contribution in [0.4, 0.5) is 0 Å². The molecular formula is C19H16N2OS2. The van der Waals surface area contributed by atoms with Crippen LogP contribution in [0.1, 0.15) is 34.9 Å². The van der Waals surface area contributed by atoms with Gasteiger partial charge in [-0.2, -0.15) is 5.26 Å². The summed E-state index contributed by atoms with van der Waals surface area (Å²) in [6.45, 7) is 0. The van der Waals surface area contributed by atoms with Crippen molar-refractivity contribution in [1.82, 2.24) is 0 Å². The highest BCUT2D eigenvalue weighted by molar-refractivity contribution is 7.10. The molecule has 1 atom stereocenters. The summed E-state index contributed by atoms with van der Waals surface area (Å²) in [4.78, 5) is 2.37. The van der Waals surface area contributed by atoms with Crippen LogP contribution in [0.3, 0.4) is 0 Å². The maximum Gasteiger partial charge on any atom is 0.205 e. The molecule has 0 fully saturated rings. The van der Waals surface area contributed by atoms with Crippen molar-refractivity contribution in [1.29, 1.82) is 5.26 Å². The lowest BCUT2D eigenvalue weighted by molar-refractivity contribution is 0.277. The fourth-order valence-corrected chi connectivity index (χ4v) is 4.91. The molecule has 0 spiro atoms. The summed E-state index contributed by atoms with van der Waals surface area (Å²) in [5.41, 5.74) is 9.02. The van der Waals surface area contributed by atoms with E-state index < -0.39 is 0 Å². The Morgan fingerprint density at radius 2 is 2.04 bits per heavy atom. The summed E-state index contributed by atoms with van der Waals surface area (Å²) in [7, 11) is 0. The van der Waals surface area contributed by atoms with E-state index >= 15 is 0 Å². The molecule has 0 saturated heterocycles. The van der Waals surface area contributed by atoms with Gasteiger partial charge in [0.2, 0.25) is 5.88 Å². The molecule has 3 nitrogen and oxygen atoms in total. The van der Waals surface area contributed by atoms with E-state index in [9.17, 15) is 5.26 Å². The van der Waals surface area contributed by atoms with Gasteiger partial charge in [-0.05, 0) is 59.4 Å². The highest BCUT2D eigenvalue weighted by Crippen LogP contribution is 2.47. The van der Waals surface area contributed by atoms with E-state index in [1.807, 2.05) is 17.5 Å². The molecule has 2 aliphatic rings. The SMILES string of the molecule is N#CC1=C(N)OC2=C(CCC/C2=C/c2cccs2)[C@H]1c1cccs1. The van der Waals surface area contributed by atoms with E-state index in [1.54, 1.807) is 22.7 Å². The van der Waals surface area contributed by atoms with Crippen molar-refractivity contribution in [3.63, 3.8) is 0 Å². The third kappa shape index (κ3) is 2.58. The number of ether oxygens (including phenoxy) is 1. The first kappa shape index (κ1) is 15.3. The van der Waals surface area contributed by atoms with Gasteiger partial charge in [-0.3, -0.25) is 0 Å². The van der Waals surface area contributed by atoms with Crippen LogP contribution in [-0.2, 0) is 4.74 Å². The maximum atomic E-state index is 9.60. The molecule has 1 aliphatic carbocycles. The molecule has 1 aliphatic heterocycles. The van der Waals surface area contributed by atoms with E-state index in [0.717, 1.165) is 29.9 Å². The monoisotopic (exact) mass is 352 g/mol. The van der Waals surface area contributed by atoms with Crippen LogP contribution in [0.5, 0.6) is 0 Å². The van der Waals surface area contributed by atoms with Gasteiger partial charge in [-0.1, -0.05) is 12.1 Å². The topological polar surface area (TPSA) is 59.0 Å². The molecule has 2 N–H and O–H groups in total. The highest BCUT2D eigenvalue weighted by atomic mass is 32.1. The molecule has 0 radical (unpaired) electrons. The van der Waals surface area contributed by atoms with E-state index in [-0.39, 0.29) is 11.8 Å². The molecule has 2 aromatic heterocycles. The van der Waals surface area contributed by atoms with E-state index in [4.69, 9.17) is 10.5 Å². The third-order valence-electron chi connectivity index (χ3n) is 4.40. The van der Waals surface area contributed by atoms with Gasteiger partial charge in [0, 0.05) is 9.75 Å². The Hall–Kier alpha value is -2.29. The molecule has 5 heteroatoms. The van der Waals surface area contributed by atoms with Crippen molar-refractivity contribution in [3.8, 4) is 6.07 Å². The average molecular weight is 352 g/mol. The van der Waals surface area contributed by atoms with Crippen LogP contribution < -0.4 is 5.73 Å². The molecule has 0 unspecified atom stereocenters. The van der Waals surface area contributed by atoms with Gasteiger partial charge in [-0.25, -0.2) is 0 Å². The first-order chi connectivity index (χ1) is 11.8. The van der Waals surface area contributed by atoms with Crippen molar-refractivity contribution in [2.24, 2.45) is 5.73 Å². The van der Waals surface area contributed by atoms with Crippen LogP contribution in [0.25, 0.3) is 6.08 Å². The fraction of sp³-hybridized carbons (Fsp3) is 0.211. The number of allylic oxidation sites excluding steroid dienone is 3. The Kier molecular flexibility index (Phi) is 4.01. The quantitative estimate of drug-likeness (QED) is 0.814. The second kappa shape index (κ2) is 6.31. The molecule has 0 bridgehead atoms. The third-order valence-corrected chi connectivity index (χ3v) is 6.15. The lowest BCUT2D eigenvalue weighted by Gasteiger charge is -2.32. The molecule has 2 aromatic rings. The minimum Gasteiger partial charge on any atom is -0.440 e. The fourth-order valence-electron chi connectivity index (χ4n) is 3.36. The zero-order valence-electron chi connectivity index (χ0n) is 13.0. The second-order valence-corrected chi connectivity index (χ2v) is 7.79. The van der Waals surface area contributed by atoms with Crippen LogP contribution in [0, 0.1) is 11.3 Å².